The van der Waals surface area contributed by atoms with Crippen molar-refractivity contribution in [3.05, 3.63) is 50.7 Å². The fraction of sp³-hybridized carbons (Fsp3) is 0.591. The van der Waals surface area contributed by atoms with Crippen molar-refractivity contribution in [1.29, 1.82) is 0 Å². The monoisotopic (exact) mass is 390 g/mol. The molecule has 1 aromatic heterocycles. The number of rotatable bonds is 4. The first-order valence-electron chi connectivity index (χ1n) is 9.91. The average molecular weight is 391 g/mol. The Morgan fingerprint density at radius 3 is 2.63 bits per heavy atom. The first-order valence-corrected chi connectivity index (χ1v) is 10.3. The Balaban J connectivity index is 2.00. The van der Waals surface area contributed by atoms with E-state index in [4.69, 9.17) is 11.6 Å². The van der Waals surface area contributed by atoms with Crippen molar-refractivity contribution in [3.63, 3.8) is 0 Å². The Labute approximate surface area is 165 Å². The molecule has 3 nitrogen and oxygen atoms in total. The van der Waals surface area contributed by atoms with Crippen LogP contribution in [0.4, 0.5) is 4.39 Å². The predicted molar refractivity (Wildman–Crippen MR) is 108 cm³/mol. The topological polar surface area (TPSA) is 26.9 Å². The minimum absolute atomic E-state index is 0.0174. The second kappa shape index (κ2) is 5.97. The number of hydrogen-bond donors (Lipinski definition) is 0. The van der Waals surface area contributed by atoms with Crippen molar-refractivity contribution in [1.82, 2.24) is 9.36 Å². The molecule has 27 heavy (non-hydrogen) atoms. The van der Waals surface area contributed by atoms with Gasteiger partial charge >= 0.3 is 0 Å². The Bertz CT molecular complexity index is 971. The van der Waals surface area contributed by atoms with E-state index in [1.54, 1.807) is 10.7 Å². The summed E-state index contributed by atoms with van der Waals surface area (Å²) in [6, 6.07) is 4.28. The summed E-state index contributed by atoms with van der Waals surface area (Å²) in [5, 5.41) is 0.274. The summed E-state index contributed by atoms with van der Waals surface area (Å²) in [4.78, 5) is 13.6. The van der Waals surface area contributed by atoms with Crippen LogP contribution < -0.4 is 5.56 Å². The van der Waals surface area contributed by atoms with Crippen molar-refractivity contribution in [3.8, 4) is 5.69 Å². The molecule has 4 rings (SSSR count). The summed E-state index contributed by atoms with van der Waals surface area (Å²) in [7, 11) is 0. The predicted octanol–water partition coefficient (Wildman–Crippen LogP) is 5.65. The van der Waals surface area contributed by atoms with Crippen LogP contribution in [0.2, 0.25) is 5.02 Å². The molecule has 5 heteroatoms. The van der Waals surface area contributed by atoms with Gasteiger partial charge in [0, 0.05) is 17.5 Å². The van der Waals surface area contributed by atoms with Gasteiger partial charge in [0.1, 0.15) is 5.82 Å². The zero-order valence-corrected chi connectivity index (χ0v) is 17.5. The number of aromatic nitrogens is 2. The molecule has 0 spiro atoms. The molecule has 1 heterocycles. The molecule has 1 saturated carbocycles. The first kappa shape index (κ1) is 18.8. The Morgan fingerprint density at radius 1 is 1.30 bits per heavy atom. The summed E-state index contributed by atoms with van der Waals surface area (Å²) < 4.78 is 17.5. The number of fused-ring (bicyclic) bond motifs is 5. The highest BCUT2D eigenvalue weighted by molar-refractivity contribution is 6.32. The molecular weight excluding hydrogens is 363 g/mol. The standard InChI is InChI=1S/C22H28ClFN2O/c1-13(2)9-11-25-19-18(15-8-10-22(19,5)21(15,3)4)20(27)26(25)17-7-6-14(24)12-16(17)23/h6-7,12-13,15H,8-11H2,1-5H3/t15-,22+/m1/s1. The van der Waals surface area contributed by atoms with Crippen LogP contribution in [0, 0.1) is 17.2 Å². The van der Waals surface area contributed by atoms with Gasteiger partial charge in [0.25, 0.3) is 5.56 Å². The summed E-state index contributed by atoms with van der Waals surface area (Å²) >= 11 is 6.36. The van der Waals surface area contributed by atoms with Gasteiger partial charge in [0.2, 0.25) is 0 Å². The lowest BCUT2D eigenvalue weighted by molar-refractivity contribution is 0.214. The minimum Gasteiger partial charge on any atom is -0.281 e. The van der Waals surface area contributed by atoms with Crippen molar-refractivity contribution in [2.24, 2.45) is 11.3 Å². The van der Waals surface area contributed by atoms with E-state index in [1.807, 2.05) is 0 Å². The van der Waals surface area contributed by atoms with Gasteiger partial charge in [-0.1, -0.05) is 46.2 Å². The summed E-state index contributed by atoms with van der Waals surface area (Å²) in [6.07, 6.45) is 3.12. The zero-order chi connectivity index (χ0) is 19.7. The number of hydrogen-bond acceptors (Lipinski definition) is 1. The van der Waals surface area contributed by atoms with Gasteiger partial charge in [-0.3, -0.25) is 9.48 Å². The maximum Gasteiger partial charge on any atom is 0.275 e. The maximum absolute atomic E-state index is 13.6. The van der Waals surface area contributed by atoms with E-state index in [1.165, 1.54) is 17.8 Å². The maximum atomic E-state index is 13.6. The second-order valence-electron chi connectivity index (χ2n) is 9.43. The van der Waals surface area contributed by atoms with Crippen LogP contribution >= 0.6 is 11.6 Å². The molecule has 0 saturated heterocycles. The van der Waals surface area contributed by atoms with E-state index in [0.29, 0.717) is 11.6 Å². The quantitative estimate of drug-likeness (QED) is 0.662. The molecule has 1 fully saturated rings. The van der Waals surface area contributed by atoms with Gasteiger partial charge in [0.15, 0.2) is 0 Å². The second-order valence-corrected chi connectivity index (χ2v) is 9.83. The van der Waals surface area contributed by atoms with Crippen LogP contribution in [-0.2, 0) is 12.0 Å². The Morgan fingerprint density at radius 2 is 2.00 bits per heavy atom. The molecule has 0 aliphatic heterocycles. The van der Waals surface area contributed by atoms with Crippen molar-refractivity contribution >= 4 is 11.6 Å². The molecule has 0 unspecified atom stereocenters. The van der Waals surface area contributed by atoms with Crippen molar-refractivity contribution < 1.29 is 4.39 Å². The average Bonchev–Trinajstić information content (AvgIpc) is 3.05. The third-order valence-electron chi connectivity index (χ3n) is 7.33. The van der Waals surface area contributed by atoms with Crippen LogP contribution in [0.5, 0.6) is 0 Å². The van der Waals surface area contributed by atoms with Crippen LogP contribution in [0.25, 0.3) is 5.69 Å². The van der Waals surface area contributed by atoms with Crippen LogP contribution in [-0.4, -0.2) is 9.36 Å². The first-order chi connectivity index (χ1) is 12.6. The highest BCUT2D eigenvalue weighted by atomic mass is 35.5. The van der Waals surface area contributed by atoms with E-state index in [2.05, 4.69) is 39.3 Å². The molecule has 2 aliphatic carbocycles. The molecule has 0 radical (unpaired) electrons. The number of nitrogens with zero attached hydrogens (tertiary/aromatic N) is 2. The van der Waals surface area contributed by atoms with Crippen LogP contribution in [0.3, 0.4) is 0 Å². The molecule has 2 atom stereocenters. The van der Waals surface area contributed by atoms with Crippen LogP contribution in [0.15, 0.2) is 23.0 Å². The van der Waals surface area contributed by atoms with Crippen LogP contribution in [0.1, 0.15) is 71.1 Å². The molecule has 2 bridgehead atoms. The van der Waals surface area contributed by atoms with E-state index in [-0.39, 0.29) is 27.3 Å². The smallest absolute Gasteiger partial charge is 0.275 e. The van der Waals surface area contributed by atoms with Gasteiger partial charge in [-0.05, 0) is 54.7 Å². The Hall–Kier alpha value is -1.55. The largest absolute Gasteiger partial charge is 0.281 e. The van der Waals surface area contributed by atoms with Gasteiger partial charge < -0.3 is 0 Å². The van der Waals surface area contributed by atoms with E-state index < -0.39 is 5.82 Å². The van der Waals surface area contributed by atoms with Crippen molar-refractivity contribution in [2.45, 2.75) is 71.8 Å². The molecular formula is C22H28ClFN2O. The lowest BCUT2D eigenvalue weighted by Crippen LogP contribution is -2.36. The molecule has 0 N–H and O–H groups in total. The van der Waals surface area contributed by atoms with Gasteiger partial charge in [-0.2, -0.15) is 0 Å². The fourth-order valence-electron chi connectivity index (χ4n) is 5.37. The zero-order valence-electron chi connectivity index (χ0n) is 16.8. The Kier molecular flexibility index (Phi) is 4.16. The van der Waals surface area contributed by atoms with Gasteiger partial charge in [-0.25, -0.2) is 9.07 Å². The third-order valence-corrected chi connectivity index (χ3v) is 7.63. The number of benzene rings is 1. The molecule has 1 aromatic carbocycles. The molecule has 146 valence electrons. The molecule has 2 aromatic rings. The fourth-order valence-corrected chi connectivity index (χ4v) is 5.62. The molecule has 0 amide bonds. The lowest BCUT2D eigenvalue weighted by Gasteiger charge is -2.36. The minimum atomic E-state index is -0.391. The van der Waals surface area contributed by atoms with Gasteiger partial charge in [-0.15, -0.1) is 0 Å². The van der Waals surface area contributed by atoms with Gasteiger partial charge in [0.05, 0.1) is 16.4 Å². The van der Waals surface area contributed by atoms with E-state index in [9.17, 15) is 9.18 Å². The third kappa shape index (κ3) is 2.41. The van der Waals surface area contributed by atoms with E-state index >= 15 is 0 Å². The highest BCUT2D eigenvalue weighted by Gasteiger charge is 2.62. The van der Waals surface area contributed by atoms with Crippen molar-refractivity contribution in [2.75, 3.05) is 0 Å². The number of halogens is 2. The summed E-state index contributed by atoms with van der Waals surface area (Å²) in [6.45, 7) is 12.0. The van der Waals surface area contributed by atoms with E-state index in [0.717, 1.165) is 31.4 Å². The molecule has 2 aliphatic rings. The summed E-state index contributed by atoms with van der Waals surface area (Å²) in [5.41, 5.74) is 2.77. The summed E-state index contributed by atoms with van der Waals surface area (Å²) in [5.74, 6) is 0.406. The highest BCUT2D eigenvalue weighted by Crippen LogP contribution is 2.67. The normalized spacial score (nSPS) is 25.4. The SMILES string of the molecule is CC(C)CCn1c2c(c(=O)n1-c1ccc(F)cc1Cl)[C@H]1CC[C@]2(C)C1(C)C. The lowest BCUT2D eigenvalue weighted by atomic mass is 9.70.